The highest BCUT2D eigenvalue weighted by molar-refractivity contribution is 5.94. The van der Waals surface area contributed by atoms with Gasteiger partial charge in [-0.05, 0) is 13.0 Å². The number of halogens is 1. The minimum atomic E-state index is -0.591. The van der Waals surface area contributed by atoms with Crippen molar-refractivity contribution in [3.63, 3.8) is 0 Å². The zero-order chi connectivity index (χ0) is 19.5. The van der Waals surface area contributed by atoms with E-state index in [4.69, 9.17) is 9.72 Å². The van der Waals surface area contributed by atoms with Crippen molar-refractivity contribution in [2.24, 2.45) is 0 Å². The number of aromatic nitrogens is 3. The number of carbonyl (C=O) groups is 1. The zero-order valence-electron chi connectivity index (χ0n) is 15.8. The molecule has 2 aliphatic heterocycles. The fourth-order valence-corrected chi connectivity index (χ4v) is 3.46. The topological polar surface area (TPSA) is 74.7 Å². The molecule has 4 rings (SSSR count). The van der Waals surface area contributed by atoms with Gasteiger partial charge >= 0.3 is 0 Å². The summed E-state index contributed by atoms with van der Waals surface area (Å²) in [5.74, 6) is 0.678. The summed E-state index contributed by atoms with van der Waals surface area (Å²) in [4.78, 5) is 31.5. The smallest absolute Gasteiger partial charge is 0.257 e. The summed E-state index contributed by atoms with van der Waals surface area (Å²) in [6.45, 7) is 7.17. The van der Waals surface area contributed by atoms with Crippen molar-refractivity contribution in [1.82, 2.24) is 19.9 Å². The lowest BCUT2D eigenvalue weighted by molar-refractivity contribution is 0.0741. The number of morpholine rings is 1. The molecule has 0 aromatic carbocycles. The molecule has 148 valence electrons. The molecule has 8 nitrogen and oxygen atoms in total. The van der Waals surface area contributed by atoms with E-state index in [1.165, 1.54) is 12.3 Å². The normalized spacial score (nSPS) is 17.7. The van der Waals surface area contributed by atoms with Crippen LogP contribution in [0.15, 0.2) is 24.5 Å². The van der Waals surface area contributed by atoms with Gasteiger partial charge in [-0.1, -0.05) is 0 Å². The van der Waals surface area contributed by atoms with E-state index in [9.17, 15) is 9.18 Å². The lowest BCUT2D eigenvalue weighted by Gasteiger charge is -2.35. The van der Waals surface area contributed by atoms with Gasteiger partial charge in [-0.15, -0.1) is 0 Å². The summed E-state index contributed by atoms with van der Waals surface area (Å²) in [7, 11) is 0. The van der Waals surface area contributed by atoms with E-state index in [-0.39, 0.29) is 11.5 Å². The minimum Gasteiger partial charge on any atom is -0.378 e. The zero-order valence-corrected chi connectivity index (χ0v) is 15.8. The number of anilines is 2. The molecule has 1 amide bonds. The Morgan fingerprint density at radius 3 is 2.54 bits per heavy atom. The Morgan fingerprint density at radius 1 is 1.07 bits per heavy atom. The highest BCUT2D eigenvalue weighted by Gasteiger charge is 2.26. The molecule has 0 spiro atoms. The summed E-state index contributed by atoms with van der Waals surface area (Å²) in [6, 6.07) is 3.41. The molecule has 0 radical (unpaired) electrons. The SMILES string of the molecule is Cc1cc(N2CCOCC2)nc(N2CCN(C(=O)c3ccncc3F)CC2)n1. The molecule has 2 aliphatic rings. The summed E-state index contributed by atoms with van der Waals surface area (Å²) < 4.78 is 19.3. The molecule has 0 bridgehead atoms. The van der Waals surface area contributed by atoms with Gasteiger partial charge in [-0.3, -0.25) is 9.78 Å². The predicted molar refractivity (Wildman–Crippen MR) is 102 cm³/mol. The first-order chi connectivity index (χ1) is 13.6. The summed E-state index contributed by atoms with van der Waals surface area (Å²) in [5.41, 5.74) is 0.966. The molecule has 2 aromatic heterocycles. The molecular formula is C19H23FN6O2. The number of piperazine rings is 1. The second-order valence-corrected chi connectivity index (χ2v) is 6.90. The number of aryl methyl sites for hydroxylation is 1. The number of carbonyl (C=O) groups excluding carboxylic acids is 1. The highest BCUT2D eigenvalue weighted by Crippen LogP contribution is 2.20. The highest BCUT2D eigenvalue weighted by atomic mass is 19.1. The molecule has 0 atom stereocenters. The Labute approximate surface area is 163 Å². The van der Waals surface area contributed by atoms with Crippen LogP contribution < -0.4 is 9.80 Å². The minimum absolute atomic E-state index is 0.0601. The molecule has 0 unspecified atom stereocenters. The van der Waals surface area contributed by atoms with Gasteiger partial charge in [0.2, 0.25) is 5.95 Å². The van der Waals surface area contributed by atoms with Crippen LogP contribution in [-0.2, 0) is 4.74 Å². The third-order valence-electron chi connectivity index (χ3n) is 5.02. The van der Waals surface area contributed by atoms with Crippen LogP contribution in [0.25, 0.3) is 0 Å². The van der Waals surface area contributed by atoms with Crippen molar-refractivity contribution in [1.29, 1.82) is 0 Å². The number of pyridine rings is 1. The van der Waals surface area contributed by atoms with E-state index < -0.39 is 5.82 Å². The van der Waals surface area contributed by atoms with Crippen molar-refractivity contribution in [3.8, 4) is 0 Å². The number of nitrogens with zero attached hydrogens (tertiary/aromatic N) is 6. The van der Waals surface area contributed by atoms with Crippen molar-refractivity contribution in [2.45, 2.75) is 6.92 Å². The number of hydrogen-bond donors (Lipinski definition) is 0. The van der Waals surface area contributed by atoms with Crippen LogP contribution in [0.1, 0.15) is 16.1 Å². The largest absolute Gasteiger partial charge is 0.378 e. The number of amides is 1. The van der Waals surface area contributed by atoms with Crippen LogP contribution in [0.4, 0.5) is 16.2 Å². The first-order valence-electron chi connectivity index (χ1n) is 9.44. The van der Waals surface area contributed by atoms with E-state index in [0.29, 0.717) is 45.3 Å². The van der Waals surface area contributed by atoms with Crippen molar-refractivity contribution >= 4 is 17.7 Å². The lowest BCUT2D eigenvalue weighted by atomic mass is 10.2. The third kappa shape index (κ3) is 3.89. The summed E-state index contributed by atoms with van der Waals surface area (Å²) in [6.07, 6.45) is 2.50. The summed E-state index contributed by atoms with van der Waals surface area (Å²) in [5, 5.41) is 0. The first kappa shape index (κ1) is 18.5. The Kier molecular flexibility index (Phi) is 5.34. The average Bonchev–Trinajstić information content (AvgIpc) is 2.74. The molecular weight excluding hydrogens is 363 g/mol. The van der Waals surface area contributed by atoms with Gasteiger partial charge in [-0.2, -0.15) is 4.98 Å². The number of ether oxygens (including phenoxy) is 1. The lowest BCUT2D eigenvalue weighted by Crippen LogP contribution is -2.49. The van der Waals surface area contributed by atoms with Gasteiger partial charge < -0.3 is 19.4 Å². The van der Waals surface area contributed by atoms with Crippen LogP contribution >= 0.6 is 0 Å². The van der Waals surface area contributed by atoms with Gasteiger partial charge in [0.05, 0.1) is 25.0 Å². The monoisotopic (exact) mass is 386 g/mol. The third-order valence-corrected chi connectivity index (χ3v) is 5.02. The maximum absolute atomic E-state index is 13.8. The second-order valence-electron chi connectivity index (χ2n) is 6.90. The molecule has 0 N–H and O–H groups in total. The van der Waals surface area contributed by atoms with E-state index in [2.05, 4.69) is 19.8 Å². The van der Waals surface area contributed by atoms with Crippen LogP contribution in [0.3, 0.4) is 0 Å². The standard InChI is InChI=1S/C19H23FN6O2/c1-14-12-17(24-8-10-28-11-9-24)23-19(22-14)26-6-4-25(5-7-26)18(27)15-2-3-21-13-16(15)20/h2-3,12-13H,4-11H2,1H3. The van der Waals surface area contributed by atoms with Gasteiger partial charge in [0.15, 0.2) is 5.82 Å². The van der Waals surface area contributed by atoms with Gasteiger partial charge in [0, 0.05) is 57.2 Å². The molecule has 2 fully saturated rings. The average molecular weight is 386 g/mol. The van der Waals surface area contributed by atoms with E-state index in [1.807, 2.05) is 13.0 Å². The molecule has 2 aromatic rings. The van der Waals surface area contributed by atoms with Gasteiger partial charge in [-0.25, -0.2) is 9.37 Å². The predicted octanol–water partition coefficient (Wildman–Crippen LogP) is 1.12. The van der Waals surface area contributed by atoms with Crippen molar-refractivity contribution in [3.05, 3.63) is 41.6 Å². The molecule has 9 heteroatoms. The Hall–Kier alpha value is -2.81. The van der Waals surface area contributed by atoms with Gasteiger partial charge in [0.25, 0.3) is 5.91 Å². The molecule has 4 heterocycles. The first-order valence-corrected chi connectivity index (χ1v) is 9.44. The fourth-order valence-electron chi connectivity index (χ4n) is 3.46. The van der Waals surface area contributed by atoms with Crippen molar-refractivity contribution in [2.75, 3.05) is 62.3 Å². The number of rotatable bonds is 3. The van der Waals surface area contributed by atoms with Crippen LogP contribution in [0.5, 0.6) is 0 Å². The second kappa shape index (κ2) is 8.05. The van der Waals surface area contributed by atoms with Crippen molar-refractivity contribution < 1.29 is 13.9 Å². The molecule has 28 heavy (non-hydrogen) atoms. The van der Waals surface area contributed by atoms with E-state index >= 15 is 0 Å². The van der Waals surface area contributed by atoms with E-state index in [1.54, 1.807) is 4.90 Å². The fraction of sp³-hybridized carbons (Fsp3) is 0.474. The van der Waals surface area contributed by atoms with Crippen LogP contribution in [-0.4, -0.2) is 78.2 Å². The summed E-state index contributed by atoms with van der Waals surface area (Å²) >= 11 is 0. The van der Waals surface area contributed by atoms with Crippen LogP contribution in [0, 0.1) is 12.7 Å². The quantitative estimate of drug-likeness (QED) is 0.782. The molecule has 0 saturated carbocycles. The number of hydrogen-bond acceptors (Lipinski definition) is 7. The molecule has 0 aliphatic carbocycles. The van der Waals surface area contributed by atoms with Gasteiger partial charge in [0.1, 0.15) is 5.82 Å². The van der Waals surface area contributed by atoms with E-state index in [0.717, 1.165) is 30.8 Å². The Bertz CT molecular complexity index is 850. The Morgan fingerprint density at radius 2 is 1.82 bits per heavy atom. The van der Waals surface area contributed by atoms with Crippen LogP contribution in [0.2, 0.25) is 0 Å². The molecule has 2 saturated heterocycles. The maximum atomic E-state index is 13.8. The maximum Gasteiger partial charge on any atom is 0.257 e. The Balaban J connectivity index is 1.44.